The highest BCUT2D eigenvalue weighted by molar-refractivity contribution is 5.70. The number of nitrogens with zero attached hydrogens (tertiary/aromatic N) is 2. The quantitative estimate of drug-likeness (QED) is 0.886. The average molecular weight is 292 g/mol. The molecule has 0 unspecified atom stereocenters. The number of nitrogens with one attached hydrogen (secondary N) is 1. The van der Waals surface area contributed by atoms with Gasteiger partial charge in [-0.15, -0.1) is 0 Å². The smallest absolute Gasteiger partial charge is 0.396 e. The molecule has 0 fully saturated rings. The summed E-state index contributed by atoms with van der Waals surface area (Å²) >= 11 is 0. The summed E-state index contributed by atoms with van der Waals surface area (Å²) in [7, 11) is 0. The molecule has 0 spiro atoms. The molecule has 2 aromatic rings. The Labute approximate surface area is 119 Å². The lowest BCUT2D eigenvalue weighted by atomic mass is 10.1. The van der Waals surface area contributed by atoms with Crippen LogP contribution >= 0.6 is 0 Å². The molecule has 0 saturated carbocycles. The summed E-state index contributed by atoms with van der Waals surface area (Å²) in [5.41, 5.74) is 5.79. The number of benzene rings is 1. The number of rotatable bonds is 2. The predicted molar refractivity (Wildman–Crippen MR) is 72.8 cm³/mol. The lowest BCUT2D eigenvalue weighted by Gasteiger charge is -2.13. The lowest BCUT2D eigenvalue weighted by molar-refractivity contribution is -0.138. The third kappa shape index (κ3) is 3.23. The maximum Gasteiger partial charge on any atom is 0.416 e. The highest BCUT2D eigenvalue weighted by Gasteiger charge is 2.32. The fourth-order valence-electron chi connectivity index (χ4n) is 1.79. The standard InChI is InChI=1S/C14H11F3N4/c1-8-2-3-10(5-11(8)14(15,16)17)21-13-12(19)4-9(6-18)7-20-13/h2-5,7H,19H2,1H3,(H,20,21). The first-order valence-corrected chi connectivity index (χ1v) is 5.92. The van der Waals surface area contributed by atoms with Gasteiger partial charge in [-0.2, -0.15) is 18.4 Å². The SMILES string of the molecule is Cc1ccc(Nc2ncc(C#N)cc2N)cc1C(F)(F)F. The van der Waals surface area contributed by atoms with Crippen LogP contribution < -0.4 is 11.1 Å². The summed E-state index contributed by atoms with van der Waals surface area (Å²) < 4.78 is 38.5. The van der Waals surface area contributed by atoms with E-state index in [9.17, 15) is 13.2 Å². The molecule has 0 saturated heterocycles. The molecule has 21 heavy (non-hydrogen) atoms. The summed E-state index contributed by atoms with van der Waals surface area (Å²) in [5, 5.41) is 11.4. The largest absolute Gasteiger partial charge is 0.416 e. The fraction of sp³-hybridized carbons (Fsp3) is 0.143. The van der Waals surface area contributed by atoms with E-state index in [1.54, 1.807) is 0 Å². The Hall–Kier alpha value is -2.75. The maximum atomic E-state index is 12.8. The minimum absolute atomic E-state index is 0.133. The Bertz CT molecular complexity index is 717. The molecule has 0 aliphatic carbocycles. The minimum atomic E-state index is -4.43. The molecule has 1 heterocycles. The third-order valence-electron chi connectivity index (χ3n) is 2.85. The lowest BCUT2D eigenvalue weighted by Crippen LogP contribution is -2.08. The zero-order valence-corrected chi connectivity index (χ0v) is 11.0. The molecule has 7 heteroatoms. The van der Waals surface area contributed by atoms with Gasteiger partial charge in [0.05, 0.1) is 16.8 Å². The van der Waals surface area contributed by atoms with Crippen LogP contribution in [0, 0.1) is 18.3 Å². The minimum Gasteiger partial charge on any atom is -0.396 e. The molecule has 1 aromatic carbocycles. The molecule has 0 atom stereocenters. The Morgan fingerprint density at radius 2 is 2.00 bits per heavy atom. The molecule has 0 bridgehead atoms. The number of aryl methyl sites for hydroxylation is 1. The molecular formula is C14H11F3N4. The summed E-state index contributed by atoms with van der Waals surface area (Å²) in [6, 6.07) is 7.14. The first-order chi connectivity index (χ1) is 9.81. The van der Waals surface area contributed by atoms with Crippen molar-refractivity contribution in [2.24, 2.45) is 0 Å². The van der Waals surface area contributed by atoms with Crippen LogP contribution in [0.25, 0.3) is 0 Å². The van der Waals surface area contributed by atoms with Crippen molar-refractivity contribution in [1.82, 2.24) is 4.98 Å². The number of nitrogen functional groups attached to an aromatic ring is 1. The highest BCUT2D eigenvalue weighted by atomic mass is 19.4. The van der Waals surface area contributed by atoms with Crippen LogP contribution in [0.1, 0.15) is 16.7 Å². The van der Waals surface area contributed by atoms with Crippen LogP contribution in [-0.4, -0.2) is 4.98 Å². The van der Waals surface area contributed by atoms with Gasteiger partial charge in [-0.25, -0.2) is 4.98 Å². The van der Waals surface area contributed by atoms with Crippen molar-refractivity contribution >= 4 is 17.2 Å². The van der Waals surface area contributed by atoms with E-state index in [1.165, 1.54) is 31.3 Å². The fourth-order valence-corrected chi connectivity index (χ4v) is 1.79. The second-order valence-electron chi connectivity index (χ2n) is 4.43. The molecule has 4 nitrogen and oxygen atoms in total. The van der Waals surface area contributed by atoms with Crippen molar-refractivity contribution in [2.45, 2.75) is 13.1 Å². The first kappa shape index (κ1) is 14.7. The number of pyridine rings is 1. The number of alkyl halides is 3. The van der Waals surface area contributed by atoms with Gasteiger partial charge in [0.1, 0.15) is 6.07 Å². The van der Waals surface area contributed by atoms with Crippen LogP contribution in [0.4, 0.5) is 30.4 Å². The van der Waals surface area contributed by atoms with E-state index >= 15 is 0 Å². The Kier molecular flexibility index (Phi) is 3.72. The first-order valence-electron chi connectivity index (χ1n) is 5.92. The summed E-state index contributed by atoms with van der Waals surface area (Å²) in [6.07, 6.45) is -3.14. The molecule has 2 rings (SSSR count). The van der Waals surface area contributed by atoms with E-state index in [-0.39, 0.29) is 28.3 Å². The number of anilines is 3. The van der Waals surface area contributed by atoms with Crippen LogP contribution in [0.5, 0.6) is 0 Å². The zero-order valence-electron chi connectivity index (χ0n) is 11.0. The molecule has 1 aromatic heterocycles. The van der Waals surface area contributed by atoms with Gasteiger partial charge in [0.15, 0.2) is 5.82 Å². The van der Waals surface area contributed by atoms with Gasteiger partial charge in [-0.05, 0) is 30.7 Å². The Morgan fingerprint density at radius 1 is 1.29 bits per heavy atom. The molecule has 0 amide bonds. The number of nitrogens with two attached hydrogens (primary N) is 1. The van der Waals surface area contributed by atoms with E-state index in [0.29, 0.717) is 0 Å². The van der Waals surface area contributed by atoms with Gasteiger partial charge >= 0.3 is 6.18 Å². The van der Waals surface area contributed by atoms with Gasteiger partial charge in [-0.1, -0.05) is 6.07 Å². The normalized spacial score (nSPS) is 11.0. The van der Waals surface area contributed by atoms with Gasteiger partial charge in [0.25, 0.3) is 0 Å². The van der Waals surface area contributed by atoms with E-state index in [2.05, 4.69) is 10.3 Å². The van der Waals surface area contributed by atoms with Crippen molar-refractivity contribution in [1.29, 1.82) is 5.26 Å². The van der Waals surface area contributed by atoms with Gasteiger partial charge < -0.3 is 11.1 Å². The Morgan fingerprint density at radius 3 is 2.57 bits per heavy atom. The van der Waals surface area contributed by atoms with Crippen LogP contribution in [0.15, 0.2) is 30.5 Å². The summed E-state index contributed by atoms with van der Waals surface area (Å²) in [5.74, 6) is 0.200. The van der Waals surface area contributed by atoms with E-state index in [0.717, 1.165) is 6.07 Å². The van der Waals surface area contributed by atoms with Crippen molar-refractivity contribution < 1.29 is 13.2 Å². The summed E-state index contributed by atoms with van der Waals surface area (Å²) in [6.45, 7) is 1.39. The summed E-state index contributed by atoms with van der Waals surface area (Å²) in [4.78, 5) is 3.92. The predicted octanol–water partition coefficient (Wildman–Crippen LogP) is 3.61. The number of aromatic nitrogens is 1. The van der Waals surface area contributed by atoms with Crippen molar-refractivity contribution in [3.05, 3.63) is 47.2 Å². The van der Waals surface area contributed by atoms with E-state index < -0.39 is 11.7 Å². The average Bonchev–Trinajstić information content (AvgIpc) is 2.41. The van der Waals surface area contributed by atoms with Crippen LogP contribution in [0.3, 0.4) is 0 Å². The van der Waals surface area contributed by atoms with E-state index in [4.69, 9.17) is 11.0 Å². The second kappa shape index (κ2) is 5.32. The highest BCUT2D eigenvalue weighted by Crippen LogP contribution is 2.34. The Balaban J connectivity index is 2.35. The molecule has 0 radical (unpaired) electrons. The second-order valence-corrected chi connectivity index (χ2v) is 4.43. The van der Waals surface area contributed by atoms with Crippen LogP contribution in [-0.2, 0) is 6.18 Å². The molecule has 0 aliphatic heterocycles. The maximum absolute atomic E-state index is 12.8. The van der Waals surface area contributed by atoms with E-state index in [1.807, 2.05) is 6.07 Å². The monoisotopic (exact) mass is 292 g/mol. The molecular weight excluding hydrogens is 281 g/mol. The molecule has 0 aliphatic rings. The number of nitriles is 1. The topological polar surface area (TPSA) is 74.7 Å². The van der Waals surface area contributed by atoms with Gasteiger partial charge in [0.2, 0.25) is 0 Å². The molecule has 108 valence electrons. The van der Waals surface area contributed by atoms with Crippen molar-refractivity contribution in [2.75, 3.05) is 11.1 Å². The van der Waals surface area contributed by atoms with Crippen molar-refractivity contribution in [3.8, 4) is 6.07 Å². The van der Waals surface area contributed by atoms with Crippen molar-refractivity contribution in [3.63, 3.8) is 0 Å². The zero-order chi connectivity index (χ0) is 15.6. The van der Waals surface area contributed by atoms with Crippen LogP contribution in [0.2, 0.25) is 0 Å². The number of hydrogen-bond acceptors (Lipinski definition) is 4. The molecule has 3 N–H and O–H groups in total. The van der Waals surface area contributed by atoms with Gasteiger partial charge in [0, 0.05) is 11.9 Å². The third-order valence-corrected chi connectivity index (χ3v) is 2.85. The van der Waals surface area contributed by atoms with Gasteiger partial charge in [-0.3, -0.25) is 0 Å². The number of hydrogen-bond donors (Lipinski definition) is 2. The number of halogens is 3.